The fourth-order valence-corrected chi connectivity index (χ4v) is 2.34. The summed E-state index contributed by atoms with van der Waals surface area (Å²) in [4.78, 5) is 0. The van der Waals surface area contributed by atoms with Crippen molar-refractivity contribution in [2.75, 3.05) is 0 Å². The van der Waals surface area contributed by atoms with Gasteiger partial charge in [0.15, 0.2) is 0 Å². The zero-order valence-electron chi connectivity index (χ0n) is 11.9. The fraction of sp³-hybridized carbons (Fsp3) is 0.250. The first kappa shape index (κ1) is 13.8. The zero-order valence-corrected chi connectivity index (χ0v) is 11.9. The average molecular weight is 254 g/mol. The number of hydrogen-bond donors (Lipinski definition) is 2. The van der Waals surface area contributed by atoms with Gasteiger partial charge in [0, 0.05) is 0 Å². The minimum Gasteiger partial charge on any atom is -0.423 e. The third-order valence-electron chi connectivity index (χ3n) is 3.91. The summed E-state index contributed by atoms with van der Waals surface area (Å²) in [6.07, 6.45) is 0. The molecule has 0 aliphatic carbocycles. The lowest BCUT2D eigenvalue weighted by Gasteiger charge is -2.14. The van der Waals surface area contributed by atoms with Crippen LogP contribution in [0.25, 0.3) is 11.1 Å². The normalized spacial score (nSPS) is 10.6. The van der Waals surface area contributed by atoms with Crippen molar-refractivity contribution in [1.29, 1.82) is 0 Å². The van der Waals surface area contributed by atoms with Crippen molar-refractivity contribution in [2.24, 2.45) is 0 Å². The van der Waals surface area contributed by atoms with E-state index in [4.69, 9.17) is 0 Å². The average Bonchev–Trinajstić information content (AvgIpc) is 2.37. The number of aryl methyl sites for hydroxylation is 2. The van der Waals surface area contributed by atoms with Gasteiger partial charge in [-0.05, 0) is 66.5 Å². The SMILES string of the molecule is Cc1ccc(B(O)O)cc1-c1ccc(C)c(C)c1C. The van der Waals surface area contributed by atoms with Crippen LogP contribution in [0.5, 0.6) is 0 Å². The summed E-state index contributed by atoms with van der Waals surface area (Å²) >= 11 is 0. The van der Waals surface area contributed by atoms with Gasteiger partial charge in [0.25, 0.3) is 0 Å². The summed E-state index contributed by atoms with van der Waals surface area (Å²) in [5, 5.41) is 18.6. The van der Waals surface area contributed by atoms with Crippen LogP contribution in [-0.2, 0) is 0 Å². The Kier molecular flexibility index (Phi) is 3.79. The molecule has 0 spiro atoms. The van der Waals surface area contributed by atoms with Crippen molar-refractivity contribution in [2.45, 2.75) is 27.7 Å². The Labute approximate surface area is 114 Å². The molecular weight excluding hydrogens is 235 g/mol. The van der Waals surface area contributed by atoms with Gasteiger partial charge in [0.05, 0.1) is 0 Å². The van der Waals surface area contributed by atoms with Gasteiger partial charge in [0.1, 0.15) is 0 Å². The van der Waals surface area contributed by atoms with E-state index in [0.29, 0.717) is 5.46 Å². The molecule has 98 valence electrons. The molecule has 0 bridgehead atoms. The van der Waals surface area contributed by atoms with Crippen molar-refractivity contribution in [1.82, 2.24) is 0 Å². The molecule has 3 heteroatoms. The van der Waals surface area contributed by atoms with Gasteiger partial charge in [-0.1, -0.05) is 30.3 Å². The van der Waals surface area contributed by atoms with E-state index in [1.54, 1.807) is 6.07 Å². The Morgan fingerprint density at radius 2 is 1.37 bits per heavy atom. The molecule has 0 amide bonds. The van der Waals surface area contributed by atoms with Crippen LogP contribution in [0.2, 0.25) is 0 Å². The second-order valence-corrected chi connectivity index (χ2v) is 5.13. The summed E-state index contributed by atoms with van der Waals surface area (Å²) < 4.78 is 0. The van der Waals surface area contributed by atoms with Gasteiger partial charge >= 0.3 is 7.12 Å². The van der Waals surface area contributed by atoms with Crippen LogP contribution in [0, 0.1) is 27.7 Å². The van der Waals surface area contributed by atoms with Crippen molar-refractivity contribution >= 4 is 12.6 Å². The highest BCUT2D eigenvalue weighted by molar-refractivity contribution is 6.58. The van der Waals surface area contributed by atoms with Gasteiger partial charge in [-0.3, -0.25) is 0 Å². The Morgan fingerprint density at radius 1 is 0.737 bits per heavy atom. The molecule has 0 atom stereocenters. The molecule has 0 heterocycles. The van der Waals surface area contributed by atoms with Gasteiger partial charge in [-0.2, -0.15) is 0 Å². The molecule has 0 radical (unpaired) electrons. The molecule has 2 rings (SSSR count). The van der Waals surface area contributed by atoms with Crippen molar-refractivity contribution in [3.8, 4) is 11.1 Å². The molecule has 0 saturated heterocycles. The van der Waals surface area contributed by atoms with E-state index in [1.165, 1.54) is 16.7 Å². The summed E-state index contributed by atoms with van der Waals surface area (Å²) in [5.74, 6) is 0. The van der Waals surface area contributed by atoms with Crippen LogP contribution in [0.15, 0.2) is 30.3 Å². The Morgan fingerprint density at radius 3 is 2.00 bits per heavy atom. The highest BCUT2D eigenvalue weighted by Gasteiger charge is 2.14. The molecule has 2 aromatic rings. The summed E-state index contributed by atoms with van der Waals surface area (Å²) in [6, 6.07) is 9.75. The van der Waals surface area contributed by atoms with E-state index in [2.05, 4.69) is 32.9 Å². The lowest BCUT2D eigenvalue weighted by Crippen LogP contribution is -2.29. The number of hydrogen-bond acceptors (Lipinski definition) is 2. The molecule has 0 fully saturated rings. The zero-order chi connectivity index (χ0) is 14.2. The summed E-state index contributed by atoms with van der Waals surface area (Å²) in [7, 11) is -1.42. The van der Waals surface area contributed by atoms with Crippen LogP contribution in [0.3, 0.4) is 0 Å². The monoisotopic (exact) mass is 254 g/mol. The summed E-state index contributed by atoms with van der Waals surface area (Å²) in [5.41, 5.74) is 7.68. The Bertz CT molecular complexity index is 618. The standard InChI is InChI=1S/C16H19BO2/c1-10-6-8-15(13(4)12(10)3)16-9-14(17(18)19)7-5-11(16)2/h5-9,18-19H,1-4H3. The van der Waals surface area contributed by atoms with Crippen molar-refractivity contribution in [3.63, 3.8) is 0 Å². The summed E-state index contributed by atoms with van der Waals surface area (Å²) in [6.45, 7) is 8.37. The van der Waals surface area contributed by atoms with Crippen LogP contribution < -0.4 is 5.46 Å². The molecule has 19 heavy (non-hydrogen) atoms. The Hall–Kier alpha value is -1.58. The molecule has 0 saturated carbocycles. The third-order valence-corrected chi connectivity index (χ3v) is 3.91. The smallest absolute Gasteiger partial charge is 0.423 e. The second kappa shape index (κ2) is 5.20. The molecule has 0 aliphatic rings. The molecular formula is C16H19BO2. The number of benzene rings is 2. The van der Waals surface area contributed by atoms with E-state index >= 15 is 0 Å². The minimum atomic E-state index is -1.42. The van der Waals surface area contributed by atoms with Gasteiger partial charge in [0.2, 0.25) is 0 Å². The van der Waals surface area contributed by atoms with Crippen molar-refractivity contribution < 1.29 is 10.0 Å². The third kappa shape index (κ3) is 2.58. The van der Waals surface area contributed by atoms with E-state index < -0.39 is 7.12 Å². The predicted octanol–water partition coefficient (Wildman–Crippen LogP) is 2.27. The maximum Gasteiger partial charge on any atom is 0.488 e. The van der Waals surface area contributed by atoms with E-state index in [9.17, 15) is 10.0 Å². The largest absolute Gasteiger partial charge is 0.488 e. The minimum absolute atomic E-state index is 0.526. The first-order valence-corrected chi connectivity index (χ1v) is 6.45. The predicted molar refractivity (Wildman–Crippen MR) is 80.7 cm³/mol. The van der Waals surface area contributed by atoms with Gasteiger partial charge < -0.3 is 10.0 Å². The van der Waals surface area contributed by atoms with E-state index in [1.807, 2.05) is 19.1 Å². The van der Waals surface area contributed by atoms with E-state index in [-0.39, 0.29) is 0 Å². The Balaban J connectivity index is 2.65. The van der Waals surface area contributed by atoms with E-state index in [0.717, 1.165) is 16.7 Å². The highest BCUT2D eigenvalue weighted by atomic mass is 16.4. The van der Waals surface area contributed by atoms with Gasteiger partial charge in [-0.25, -0.2) is 0 Å². The second-order valence-electron chi connectivity index (χ2n) is 5.13. The number of rotatable bonds is 2. The maximum absolute atomic E-state index is 9.31. The van der Waals surface area contributed by atoms with Crippen molar-refractivity contribution in [3.05, 3.63) is 52.6 Å². The van der Waals surface area contributed by atoms with Crippen LogP contribution in [0.1, 0.15) is 22.3 Å². The molecule has 2 nitrogen and oxygen atoms in total. The van der Waals surface area contributed by atoms with Crippen LogP contribution in [-0.4, -0.2) is 17.2 Å². The van der Waals surface area contributed by atoms with Crippen LogP contribution in [0.4, 0.5) is 0 Å². The fourth-order valence-electron chi connectivity index (χ4n) is 2.34. The molecule has 0 aromatic heterocycles. The topological polar surface area (TPSA) is 40.5 Å². The lowest BCUT2D eigenvalue weighted by atomic mass is 9.77. The van der Waals surface area contributed by atoms with Crippen LogP contribution >= 0.6 is 0 Å². The first-order chi connectivity index (χ1) is 8.91. The molecule has 0 unspecified atom stereocenters. The molecule has 2 N–H and O–H groups in total. The first-order valence-electron chi connectivity index (χ1n) is 6.45. The molecule has 0 aliphatic heterocycles. The van der Waals surface area contributed by atoms with Gasteiger partial charge in [-0.15, -0.1) is 0 Å². The maximum atomic E-state index is 9.31. The quantitative estimate of drug-likeness (QED) is 0.807. The highest BCUT2D eigenvalue weighted by Crippen LogP contribution is 2.29. The lowest BCUT2D eigenvalue weighted by molar-refractivity contribution is 0.426. The molecule has 2 aromatic carbocycles.